The van der Waals surface area contributed by atoms with Gasteiger partial charge in [0, 0.05) is 37.7 Å². The average molecular weight is 273 g/mol. The van der Waals surface area contributed by atoms with Crippen LogP contribution in [0.5, 0.6) is 0 Å². The minimum atomic E-state index is -2.93. The third-order valence-electron chi connectivity index (χ3n) is 2.68. The molecule has 0 aliphatic rings. The van der Waals surface area contributed by atoms with Crippen LogP contribution in [0.2, 0.25) is 0 Å². The van der Waals surface area contributed by atoms with Gasteiger partial charge in [-0.05, 0) is 12.8 Å². The molecule has 1 aromatic rings. The molecule has 1 rings (SSSR count). The summed E-state index contributed by atoms with van der Waals surface area (Å²) in [6.45, 7) is 6.74. The molecule has 0 amide bonds. The van der Waals surface area contributed by atoms with Gasteiger partial charge in [0.15, 0.2) is 0 Å². The predicted molar refractivity (Wildman–Crippen MR) is 73.3 cm³/mol. The Labute approximate surface area is 109 Å². The Balaban J connectivity index is 2.63. The monoisotopic (exact) mass is 273 g/mol. The Hall–Kier alpha value is -0.880. The van der Waals surface area contributed by atoms with Crippen LogP contribution in [-0.2, 0) is 23.4 Å². The van der Waals surface area contributed by atoms with Crippen LogP contribution in [0.1, 0.15) is 37.9 Å². The summed E-state index contributed by atoms with van der Waals surface area (Å²) < 4.78 is 24.2. The van der Waals surface area contributed by atoms with E-state index in [4.69, 9.17) is 0 Å². The maximum Gasteiger partial charge on any atom is 0.148 e. The fourth-order valence-electron chi connectivity index (χ4n) is 1.97. The molecule has 0 aromatic carbocycles. The zero-order valence-electron chi connectivity index (χ0n) is 11.8. The third-order valence-corrected chi connectivity index (χ3v) is 3.78. The van der Waals surface area contributed by atoms with E-state index in [1.54, 1.807) is 4.68 Å². The second-order valence-corrected chi connectivity index (χ2v) is 7.43. The van der Waals surface area contributed by atoms with Crippen LogP contribution in [0.15, 0.2) is 6.20 Å². The second-order valence-electron chi connectivity index (χ2n) is 5.24. The van der Waals surface area contributed by atoms with Crippen molar-refractivity contribution in [1.82, 2.24) is 15.1 Å². The van der Waals surface area contributed by atoms with Crippen molar-refractivity contribution in [1.29, 1.82) is 0 Å². The number of hydrogen-bond donors (Lipinski definition) is 1. The van der Waals surface area contributed by atoms with Gasteiger partial charge in [0.05, 0.1) is 11.4 Å². The van der Waals surface area contributed by atoms with E-state index >= 15 is 0 Å². The zero-order valence-corrected chi connectivity index (χ0v) is 12.6. The first-order valence-electron chi connectivity index (χ1n) is 6.12. The van der Waals surface area contributed by atoms with E-state index in [0.29, 0.717) is 12.5 Å². The summed E-state index contributed by atoms with van der Waals surface area (Å²) in [5, 5.41) is 7.65. The topological polar surface area (TPSA) is 64.0 Å². The number of nitrogens with zero attached hydrogens (tertiary/aromatic N) is 2. The summed E-state index contributed by atoms with van der Waals surface area (Å²) in [4.78, 5) is 0. The van der Waals surface area contributed by atoms with E-state index in [-0.39, 0.29) is 11.8 Å². The van der Waals surface area contributed by atoms with Crippen molar-refractivity contribution in [3.63, 3.8) is 0 Å². The van der Waals surface area contributed by atoms with Gasteiger partial charge in [-0.3, -0.25) is 4.68 Å². The number of aryl methyl sites for hydroxylation is 1. The fraction of sp³-hybridized carbons (Fsp3) is 0.750. The maximum atomic E-state index is 11.2. The zero-order chi connectivity index (χ0) is 13.9. The largest absolute Gasteiger partial charge is 0.309 e. The van der Waals surface area contributed by atoms with Crippen LogP contribution in [-0.4, -0.2) is 36.2 Å². The van der Waals surface area contributed by atoms with Crippen LogP contribution in [0.3, 0.4) is 0 Å². The minimum Gasteiger partial charge on any atom is -0.309 e. The lowest BCUT2D eigenvalue weighted by Gasteiger charge is -2.13. The van der Waals surface area contributed by atoms with Crippen LogP contribution < -0.4 is 5.32 Å². The number of rotatable bonds is 6. The summed E-state index contributed by atoms with van der Waals surface area (Å²) in [6.07, 6.45) is 3.24. The molecule has 1 aromatic heterocycles. The van der Waals surface area contributed by atoms with Gasteiger partial charge in [-0.1, -0.05) is 13.8 Å². The lowest BCUT2D eigenvalue weighted by Crippen LogP contribution is -2.32. The van der Waals surface area contributed by atoms with E-state index in [0.717, 1.165) is 11.3 Å². The van der Waals surface area contributed by atoms with E-state index in [1.807, 2.05) is 20.2 Å². The molecule has 5 nitrogen and oxygen atoms in total. The fourth-order valence-corrected chi connectivity index (χ4v) is 3.00. The first-order chi connectivity index (χ1) is 8.19. The van der Waals surface area contributed by atoms with Gasteiger partial charge in [-0.15, -0.1) is 0 Å². The number of nitrogens with one attached hydrogen (secondary N) is 1. The van der Waals surface area contributed by atoms with Gasteiger partial charge in [-0.2, -0.15) is 5.10 Å². The highest BCUT2D eigenvalue weighted by Gasteiger charge is 2.14. The summed E-state index contributed by atoms with van der Waals surface area (Å²) in [7, 11) is -1.03. The highest BCUT2D eigenvalue weighted by atomic mass is 32.2. The molecular weight excluding hydrogens is 250 g/mol. The standard InChI is InChI=1S/C12H23N3O2S/c1-9(2)12-11(7-15(4)14-12)6-13-10(3)8-18(5,16)17/h7,9-10,13H,6,8H2,1-5H3. The van der Waals surface area contributed by atoms with Gasteiger partial charge in [0.25, 0.3) is 0 Å². The van der Waals surface area contributed by atoms with E-state index in [2.05, 4.69) is 24.3 Å². The molecule has 0 saturated heterocycles. The van der Waals surface area contributed by atoms with Gasteiger partial charge >= 0.3 is 0 Å². The molecule has 0 spiro atoms. The van der Waals surface area contributed by atoms with Crippen molar-refractivity contribution in [2.45, 2.75) is 39.3 Å². The van der Waals surface area contributed by atoms with E-state index in [1.165, 1.54) is 6.26 Å². The molecule has 1 unspecified atom stereocenters. The molecule has 0 radical (unpaired) electrons. The molecule has 104 valence electrons. The highest BCUT2D eigenvalue weighted by Crippen LogP contribution is 2.17. The van der Waals surface area contributed by atoms with Gasteiger partial charge in [0.2, 0.25) is 0 Å². The van der Waals surface area contributed by atoms with Gasteiger partial charge in [-0.25, -0.2) is 8.42 Å². The summed E-state index contributed by atoms with van der Waals surface area (Å²) in [5.41, 5.74) is 2.20. The molecule has 0 aliphatic carbocycles. The highest BCUT2D eigenvalue weighted by molar-refractivity contribution is 7.90. The van der Waals surface area contributed by atoms with Crippen LogP contribution in [0.25, 0.3) is 0 Å². The quantitative estimate of drug-likeness (QED) is 0.842. The Bertz CT molecular complexity index is 491. The van der Waals surface area contributed by atoms with Crippen molar-refractivity contribution in [3.05, 3.63) is 17.5 Å². The molecule has 0 saturated carbocycles. The maximum absolute atomic E-state index is 11.2. The lowest BCUT2D eigenvalue weighted by molar-refractivity contribution is 0.558. The summed E-state index contributed by atoms with van der Waals surface area (Å²) in [6, 6.07) is -0.0554. The molecule has 6 heteroatoms. The molecule has 0 aliphatic heterocycles. The first-order valence-corrected chi connectivity index (χ1v) is 8.18. The molecule has 18 heavy (non-hydrogen) atoms. The Kier molecular flexibility index (Phi) is 4.92. The summed E-state index contributed by atoms with van der Waals surface area (Å²) in [5.74, 6) is 0.526. The molecule has 0 bridgehead atoms. The Morgan fingerprint density at radius 1 is 1.39 bits per heavy atom. The minimum absolute atomic E-state index is 0.0554. The predicted octanol–water partition coefficient (Wildman–Crippen LogP) is 1.07. The van der Waals surface area contributed by atoms with Crippen molar-refractivity contribution in [2.75, 3.05) is 12.0 Å². The first kappa shape index (κ1) is 15.2. The van der Waals surface area contributed by atoms with E-state index < -0.39 is 9.84 Å². The van der Waals surface area contributed by atoms with E-state index in [9.17, 15) is 8.42 Å². The third kappa shape index (κ3) is 4.78. The van der Waals surface area contributed by atoms with Crippen molar-refractivity contribution in [3.8, 4) is 0 Å². The average Bonchev–Trinajstić information content (AvgIpc) is 2.54. The van der Waals surface area contributed by atoms with Crippen molar-refractivity contribution >= 4 is 9.84 Å². The Morgan fingerprint density at radius 3 is 2.50 bits per heavy atom. The van der Waals surface area contributed by atoms with Gasteiger partial charge in [0.1, 0.15) is 9.84 Å². The number of sulfone groups is 1. The van der Waals surface area contributed by atoms with Crippen molar-refractivity contribution in [2.24, 2.45) is 7.05 Å². The van der Waals surface area contributed by atoms with Gasteiger partial charge < -0.3 is 5.32 Å². The number of aromatic nitrogens is 2. The molecule has 0 fully saturated rings. The molecule has 1 heterocycles. The molecular formula is C12H23N3O2S. The second kappa shape index (κ2) is 5.84. The van der Waals surface area contributed by atoms with Crippen LogP contribution in [0, 0.1) is 0 Å². The van der Waals surface area contributed by atoms with Crippen LogP contribution in [0.4, 0.5) is 0 Å². The summed E-state index contributed by atoms with van der Waals surface area (Å²) >= 11 is 0. The van der Waals surface area contributed by atoms with Crippen LogP contribution >= 0.6 is 0 Å². The number of hydrogen-bond acceptors (Lipinski definition) is 4. The molecule has 1 atom stereocenters. The lowest BCUT2D eigenvalue weighted by atomic mass is 10.1. The van der Waals surface area contributed by atoms with Crippen molar-refractivity contribution < 1.29 is 8.42 Å². The normalized spacial score (nSPS) is 14.1. The Morgan fingerprint density at radius 2 is 2.00 bits per heavy atom. The molecule has 1 N–H and O–H groups in total. The SMILES string of the molecule is CC(CS(C)(=O)=O)NCc1cn(C)nc1C(C)C. The smallest absolute Gasteiger partial charge is 0.148 e.